The van der Waals surface area contributed by atoms with Crippen molar-refractivity contribution in [3.63, 3.8) is 0 Å². The molecule has 150 valence electrons. The highest BCUT2D eigenvalue weighted by Gasteiger charge is 2.40. The first-order chi connectivity index (χ1) is 13.5. The third kappa shape index (κ3) is 3.22. The van der Waals surface area contributed by atoms with E-state index in [1.165, 1.54) is 30.2 Å². The number of rotatable bonds is 4. The number of fused-ring (bicyclic) bond motifs is 5. The molecule has 5 nitrogen and oxygen atoms in total. The van der Waals surface area contributed by atoms with Crippen LogP contribution in [-0.2, 0) is 16.0 Å². The fourth-order valence-corrected chi connectivity index (χ4v) is 5.27. The summed E-state index contributed by atoms with van der Waals surface area (Å²) in [5, 5.41) is 1.07. The molecule has 0 radical (unpaired) electrons. The first kappa shape index (κ1) is 19.1. The molecule has 1 fully saturated rings. The van der Waals surface area contributed by atoms with Crippen molar-refractivity contribution in [3.05, 3.63) is 41.3 Å². The minimum absolute atomic E-state index is 0.274. The molecule has 5 heteroatoms. The molecule has 28 heavy (non-hydrogen) atoms. The van der Waals surface area contributed by atoms with Crippen molar-refractivity contribution < 1.29 is 14.3 Å². The number of esters is 1. The van der Waals surface area contributed by atoms with Crippen LogP contribution >= 0.6 is 0 Å². The van der Waals surface area contributed by atoms with Crippen molar-refractivity contribution in [2.24, 2.45) is 11.8 Å². The number of methoxy groups -OCH3 is 1. The molecule has 1 aromatic heterocycles. The Morgan fingerprint density at radius 3 is 2.89 bits per heavy atom. The first-order valence-electron chi connectivity index (χ1n) is 10.3. The Bertz CT molecular complexity index is 914. The number of carbonyl (C=O) groups is 1. The van der Waals surface area contributed by atoms with Crippen molar-refractivity contribution in [3.8, 4) is 5.75 Å². The van der Waals surface area contributed by atoms with E-state index in [9.17, 15) is 4.79 Å². The Morgan fingerprint density at radius 2 is 2.18 bits per heavy atom. The summed E-state index contributed by atoms with van der Waals surface area (Å²) < 4.78 is 10.8. The summed E-state index contributed by atoms with van der Waals surface area (Å²) in [5.41, 5.74) is 5.00. The third-order valence-corrected chi connectivity index (χ3v) is 6.53. The number of aromatic nitrogens is 1. The van der Waals surface area contributed by atoms with Gasteiger partial charge in [0, 0.05) is 36.6 Å². The number of aromatic amines is 1. The predicted octanol–water partition coefficient (Wildman–Crippen LogP) is 4.59. The van der Waals surface area contributed by atoms with Crippen LogP contribution in [0.4, 0.5) is 0 Å². The quantitative estimate of drug-likeness (QED) is 0.477. The number of carbonyl (C=O) groups excluding carboxylic acids is 1. The Hall–Kier alpha value is -2.27. The summed E-state index contributed by atoms with van der Waals surface area (Å²) in [6.45, 7) is 8.12. The molecule has 1 N–H and O–H groups in total. The fourth-order valence-electron chi connectivity index (χ4n) is 5.27. The van der Waals surface area contributed by atoms with E-state index in [2.05, 4.69) is 29.8 Å². The highest BCUT2D eigenvalue weighted by molar-refractivity contribution is 5.92. The number of ether oxygens (including phenoxy) is 2. The molecule has 0 unspecified atom stereocenters. The molecule has 2 aliphatic heterocycles. The minimum Gasteiger partial charge on any atom is -0.504 e. The van der Waals surface area contributed by atoms with Crippen LogP contribution < -0.4 is 4.74 Å². The molecule has 2 aliphatic rings. The zero-order valence-corrected chi connectivity index (χ0v) is 17.2. The second-order valence-corrected chi connectivity index (χ2v) is 8.16. The maximum atomic E-state index is 11.6. The van der Waals surface area contributed by atoms with Gasteiger partial charge in [-0.15, -0.1) is 0 Å². The van der Waals surface area contributed by atoms with Gasteiger partial charge in [-0.3, -0.25) is 9.69 Å². The lowest BCUT2D eigenvalue weighted by Crippen LogP contribution is -2.46. The van der Waals surface area contributed by atoms with Gasteiger partial charge in [0.1, 0.15) is 5.75 Å². The molecule has 1 saturated heterocycles. The third-order valence-electron chi connectivity index (χ3n) is 6.53. The molecule has 0 spiro atoms. The van der Waals surface area contributed by atoms with E-state index in [0.717, 1.165) is 36.8 Å². The minimum atomic E-state index is -0.274. The maximum Gasteiger partial charge on any atom is 0.308 e. The zero-order valence-electron chi connectivity index (χ0n) is 17.2. The number of allylic oxidation sites excluding steroid dienone is 1. The van der Waals surface area contributed by atoms with Gasteiger partial charge >= 0.3 is 5.97 Å². The smallest absolute Gasteiger partial charge is 0.308 e. The molecule has 2 aromatic rings. The van der Waals surface area contributed by atoms with Crippen molar-refractivity contribution in [1.29, 1.82) is 0 Å². The first-order valence-corrected chi connectivity index (χ1v) is 10.3. The molecule has 0 amide bonds. The zero-order chi connectivity index (χ0) is 19.8. The van der Waals surface area contributed by atoms with Gasteiger partial charge in [0.05, 0.1) is 19.4 Å². The number of piperidine rings is 1. The maximum absolute atomic E-state index is 11.6. The van der Waals surface area contributed by atoms with Crippen LogP contribution in [0, 0.1) is 11.8 Å². The van der Waals surface area contributed by atoms with Crippen LogP contribution in [0.3, 0.4) is 0 Å². The lowest BCUT2D eigenvalue weighted by atomic mass is 9.74. The van der Waals surface area contributed by atoms with Gasteiger partial charge in [0.2, 0.25) is 0 Å². The summed E-state index contributed by atoms with van der Waals surface area (Å²) >= 11 is 0. The Labute approximate surface area is 166 Å². The summed E-state index contributed by atoms with van der Waals surface area (Å²) in [5.74, 6) is 1.58. The number of benzene rings is 1. The lowest BCUT2D eigenvalue weighted by molar-refractivity contribution is -0.131. The highest BCUT2D eigenvalue weighted by atomic mass is 16.5. The van der Waals surface area contributed by atoms with E-state index < -0.39 is 0 Å². The van der Waals surface area contributed by atoms with Gasteiger partial charge in [-0.2, -0.15) is 0 Å². The van der Waals surface area contributed by atoms with Crippen molar-refractivity contribution in [1.82, 2.24) is 9.88 Å². The molecule has 0 aliphatic carbocycles. The summed E-state index contributed by atoms with van der Waals surface area (Å²) in [4.78, 5) is 17.9. The fraction of sp³-hybridized carbons (Fsp3) is 0.522. The van der Waals surface area contributed by atoms with Gasteiger partial charge in [-0.25, -0.2) is 0 Å². The Morgan fingerprint density at radius 1 is 1.36 bits per heavy atom. The number of nitrogens with one attached hydrogen (secondary N) is 1. The number of nitrogens with zero attached hydrogens (tertiary/aromatic N) is 1. The molecule has 0 saturated carbocycles. The second-order valence-electron chi connectivity index (χ2n) is 8.16. The largest absolute Gasteiger partial charge is 0.504 e. The standard InChI is InChI=1S/C23H30N2O3/c1-5-16-12-25-10-9-17-22-19(7-6-8-21(22)28-15(3)26)24-23(17)20(25)11-18(16)14(2)13-27-4/h6-8,13,16,18,20,24H,5,9-12H2,1-4H3/b14-13-/t16-,18-,20+/m1/s1. The molecular formula is C23H30N2O3. The van der Waals surface area contributed by atoms with Crippen molar-refractivity contribution >= 4 is 16.9 Å². The summed E-state index contributed by atoms with van der Waals surface area (Å²) in [6.07, 6.45) is 5.17. The SMILES string of the molecule is CC[C@@H]1CN2CCc3c([nH]c4cccc(OC(C)=O)c34)[C@@H]2C[C@@H]1/C(C)=C\OC. The van der Waals surface area contributed by atoms with Crippen LogP contribution in [0.25, 0.3) is 10.9 Å². The van der Waals surface area contributed by atoms with E-state index in [1.54, 1.807) is 7.11 Å². The van der Waals surface area contributed by atoms with Crippen molar-refractivity contribution in [2.75, 3.05) is 20.2 Å². The van der Waals surface area contributed by atoms with Gasteiger partial charge in [-0.05, 0) is 54.9 Å². The lowest BCUT2D eigenvalue weighted by Gasteiger charge is -2.46. The number of H-pyrrole nitrogens is 1. The monoisotopic (exact) mass is 382 g/mol. The number of hydrogen-bond donors (Lipinski definition) is 1. The van der Waals surface area contributed by atoms with E-state index in [-0.39, 0.29) is 5.97 Å². The van der Waals surface area contributed by atoms with E-state index in [1.807, 2.05) is 18.4 Å². The Kier molecular flexibility index (Phi) is 5.19. The highest BCUT2D eigenvalue weighted by Crippen LogP contribution is 2.46. The van der Waals surface area contributed by atoms with Crippen LogP contribution in [0.1, 0.15) is 50.9 Å². The van der Waals surface area contributed by atoms with Gasteiger partial charge in [0.15, 0.2) is 0 Å². The van der Waals surface area contributed by atoms with Crippen LogP contribution in [0.15, 0.2) is 30.0 Å². The van der Waals surface area contributed by atoms with E-state index in [0.29, 0.717) is 23.6 Å². The second kappa shape index (κ2) is 7.63. The topological polar surface area (TPSA) is 54.6 Å². The van der Waals surface area contributed by atoms with Crippen molar-refractivity contribution in [2.45, 2.75) is 46.1 Å². The molecule has 3 heterocycles. The predicted molar refractivity (Wildman–Crippen MR) is 110 cm³/mol. The molecule has 3 atom stereocenters. The molecule has 1 aromatic carbocycles. The van der Waals surface area contributed by atoms with Gasteiger partial charge in [0.25, 0.3) is 0 Å². The van der Waals surface area contributed by atoms with Crippen LogP contribution in [-0.4, -0.2) is 36.1 Å². The normalized spacial score (nSPS) is 25.3. The molecule has 4 rings (SSSR count). The molecular weight excluding hydrogens is 352 g/mol. The van der Waals surface area contributed by atoms with Crippen LogP contribution in [0.5, 0.6) is 5.75 Å². The number of hydrogen-bond acceptors (Lipinski definition) is 4. The Balaban J connectivity index is 1.75. The summed E-state index contributed by atoms with van der Waals surface area (Å²) in [6, 6.07) is 6.29. The average molecular weight is 383 g/mol. The molecule has 0 bridgehead atoms. The van der Waals surface area contributed by atoms with Crippen LogP contribution in [0.2, 0.25) is 0 Å². The van der Waals surface area contributed by atoms with Gasteiger partial charge in [-0.1, -0.05) is 19.4 Å². The van der Waals surface area contributed by atoms with Gasteiger partial charge < -0.3 is 14.5 Å². The van der Waals surface area contributed by atoms with E-state index >= 15 is 0 Å². The van der Waals surface area contributed by atoms with E-state index in [4.69, 9.17) is 9.47 Å². The summed E-state index contributed by atoms with van der Waals surface area (Å²) in [7, 11) is 1.73. The average Bonchev–Trinajstić information content (AvgIpc) is 3.06.